The zero-order valence-corrected chi connectivity index (χ0v) is 20.8. The Morgan fingerprint density at radius 3 is 2.49 bits per heavy atom. The first-order valence-electron chi connectivity index (χ1n) is 11.2. The van der Waals surface area contributed by atoms with Crippen molar-refractivity contribution in [3.63, 3.8) is 0 Å². The molecule has 0 bridgehead atoms. The Labute approximate surface area is 205 Å². The van der Waals surface area contributed by atoms with Gasteiger partial charge in [-0.1, -0.05) is 60.2 Å². The average Bonchev–Trinajstić information content (AvgIpc) is 2.83. The summed E-state index contributed by atoms with van der Waals surface area (Å²) in [6, 6.07) is 24.6. The quantitative estimate of drug-likeness (QED) is 0.332. The van der Waals surface area contributed by atoms with Crippen LogP contribution in [0.4, 0.5) is 11.4 Å². The van der Waals surface area contributed by atoms with Crippen molar-refractivity contribution in [1.82, 2.24) is 0 Å². The molecule has 7 heteroatoms. The molecule has 0 radical (unpaired) electrons. The largest absolute Gasteiger partial charge is 0.487 e. The Morgan fingerprint density at radius 1 is 0.914 bits per heavy atom. The van der Waals surface area contributed by atoms with E-state index in [9.17, 15) is 13.2 Å². The number of ether oxygens (including phenoxy) is 1. The summed E-state index contributed by atoms with van der Waals surface area (Å²) in [4.78, 5) is 13.1. The van der Waals surface area contributed by atoms with Crippen LogP contribution in [0.1, 0.15) is 27.0 Å². The molecule has 0 saturated carbocycles. The minimum Gasteiger partial charge on any atom is -0.487 e. The van der Waals surface area contributed by atoms with Crippen LogP contribution in [0.15, 0.2) is 78.9 Å². The first-order valence-corrected chi connectivity index (χ1v) is 13.3. The summed E-state index contributed by atoms with van der Waals surface area (Å²) in [5, 5.41) is 7.72. The van der Waals surface area contributed by atoms with Crippen LogP contribution < -0.4 is 15.4 Å². The predicted molar refractivity (Wildman–Crippen MR) is 142 cm³/mol. The van der Waals surface area contributed by atoms with Crippen LogP contribution in [0.3, 0.4) is 0 Å². The molecule has 0 aliphatic rings. The van der Waals surface area contributed by atoms with Crippen LogP contribution in [-0.4, -0.2) is 26.5 Å². The zero-order chi connectivity index (χ0) is 25.0. The average molecular weight is 489 g/mol. The van der Waals surface area contributed by atoms with E-state index in [2.05, 4.69) is 16.7 Å². The maximum absolute atomic E-state index is 13.1. The molecule has 4 aromatic carbocycles. The van der Waals surface area contributed by atoms with Crippen molar-refractivity contribution >= 4 is 37.9 Å². The van der Waals surface area contributed by atoms with Crippen molar-refractivity contribution < 1.29 is 17.9 Å². The second-order valence-electron chi connectivity index (χ2n) is 8.66. The molecule has 0 aliphatic heterocycles. The molecule has 4 rings (SSSR count). The van der Waals surface area contributed by atoms with E-state index in [1.165, 1.54) is 0 Å². The fraction of sp³-hybridized carbons (Fsp3) is 0.179. The normalized spacial score (nSPS) is 11.3. The third-order valence-electron chi connectivity index (χ3n) is 5.69. The van der Waals surface area contributed by atoms with E-state index in [0.717, 1.165) is 33.7 Å². The summed E-state index contributed by atoms with van der Waals surface area (Å²) in [6.07, 6.45) is 1.16. The van der Waals surface area contributed by atoms with Crippen LogP contribution in [0, 0.1) is 13.8 Å². The maximum Gasteiger partial charge on any atom is 0.256 e. The number of nitrogens with one attached hydrogen (secondary N) is 2. The third-order valence-corrected chi connectivity index (χ3v) is 6.36. The van der Waals surface area contributed by atoms with E-state index in [1.54, 1.807) is 24.3 Å². The fourth-order valence-corrected chi connectivity index (χ4v) is 4.23. The van der Waals surface area contributed by atoms with Crippen molar-refractivity contribution in [3.8, 4) is 5.75 Å². The molecule has 0 saturated heterocycles. The molecule has 35 heavy (non-hydrogen) atoms. The number of amides is 1. The molecule has 0 atom stereocenters. The summed E-state index contributed by atoms with van der Waals surface area (Å²) in [5.41, 5.74) is 4.90. The smallest absolute Gasteiger partial charge is 0.256 e. The Balaban J connectivity index is 1.61. The number of benzene rings is 4. The van der Waals surface area contributed by atoms with Gasteiger partial charge in [-0.15, -0.1) is 0 Å². The summed E-state index contributed by atoms with van der Waals surface area (Å²) < 4.78 is 29.5. The number of hydrogen-bond acceptors (Lipinski definition) is 5. The van der Waals surface area contributed by atoms with Gasteiger partial charge in [0.15, 0.2) is 9.84 Å². The van der Waals surface area contributed by atoms with Gasteiger partial charge in [0.1, 0.15) is 18.2 Å². The minimum atomic E-state index is -3.24. The van der Waals surface area contributed by atoms with E-state index >= 15 is 0 Å². The van der Waals surface area contributed by atoms with Crippen LogP contribution in [-0.2, 0) is 16.4 Å². The first-order chi connectivity index (χ1) is 16.7. The van der Waals surface area contributed by atoms with Crippen molar-refractivity contribution in [2.24, 2.45) is 0 Å². The van der Waals surface area contributed by atoms with Crippen molar-refractivity contribution in [2.45, 2.75) is 20.5 Å². The molecule has 0 fully saturated rings. The second kappa shape index (κ2) is 10.2. The highest BCUT2D eigenvalue weighted by Crippen LogP contribution is 2.30. The molecule has 0 aromatic heterocycles. The Morgan fingerprint density at radius 2 is 1.69 bits per heavy atom. The number of hydrogen-bond donors (Lipinski definition) is 2. The second-order valence-corrected chi connectivity index (χ2v) is 10.8. The SMILES string of the molecule is Cc1ccc(C)c(COc2cc(NC(=O)c3cccc4ccccc34)ccc2NCS(C)(=O)=O)c1. The van der Waals surface area contributed by atoms with E-state index in [-0.39, 0.29) is 11.8 Å². The highest BCUT2D eigenvalue weighted by molar-refractivity contribution is 7.90. The first kappa shape index (κ1) is 24.3. The summed E-state index contributed by atoms with van der Waals surface area (Å²) in [5.74, 6) is -0.0152. The van der Waals surface area contributed by atoms with Gasteiger partial charge >= 0.3 is 0 Å². The number of carbonyl (C=O) groups is 1. The highest BCUT2D eigenvalue weighted by Gasteiger charge is 2.13. The van der Waals surface area contributed by atoms with Crippen LogP contribution in [0.2, 0.25) is 0 Å². The Bertz CT molecular complexity index is 1490. The van der Waals surface area contributed by atoms with E-state index in [4.69, 9.17) is 4.74 Å². The van der Waals surface area contributed by atoms with E-state index in [0.29, 0.717) is 29.3 Å². The fourth-order valence-electron chi connectivity index (χ4n) is 3.81. The molecule has 0 heterocycles. The molecule has 0 unspecified atom stereocenters. The molecule has 0 spiro atoms. The minimum absolute atomic E-state index is 0.228. The lowest BCUT2D eigenvalue weighted by atomic mass is 10.0. The van der Waals surface area contributed by atoms with E-state index < -0.39 is 9.84 Å². The van der Waals surface area contributed by atoms with Gasteiger partial charge in [0.25, 0.3) is 5.91 Å². The standard InChI is InChI=1S/C28H28N2O4S/c1-19-11-12-20(2)22(15-19)17-34-27-16-23(13-14-26(27)29-18-35(3,32)33)30-28(31)25-10-6-8-21-7-4-5-9-24(21)25/h4-16,29H,17-18H2,1-3H3,(H,30,31). The number of fused-ring (bicyclic) bond motifs is 1. The van der Waals surface area contributed by atoms with Crippen molar-refractivity contribution in [1.29, 1.82) is 0 Å². The lowest BCUT2D eigenvalue weighted by molar-refractivity contribution is 0.102. The molecule has 4 aromatic rings. The number of rotatable bonds is 8. The lowest BCUT2D eigenvalue weighted by Crippen LogP contribution is -2.15. The Hall–Kier alpha value is -3.84. The summed E-state index contributed by atoms with van der Waals surface area (Å²) >= 11 is 0. The number of sulfone groups is 1. The van der Waals surface area contributed by atoms with Gasteiger partial charge in [-0.2, -0.15) is 0 Å². The summed E-state index contributed by atoms with van der Waals surface area (Å²) in [6.45, 7) is 4.34. The molecule has 6 nitrogen and oxygen atoms in total. The van der Waals surface area contributed by atoms with Gasteiger partial charge < -0.3 is 15.4 Å². The number of aryl methyl sites for hydroxylation is 2. The van der Waals surface area contributed by atoms with Gasteiger partial charge in [0, 0.05) is 23.6 Å². The van der Waals surface area contributed by atoms with Gasteiger partial charge in [-0.3, -0.25) is 4.79 Å². The van der Waals surface area contributed by atoms with E-state index in [1.807, 2.05) is 62.4 Å². The third kappa shape index (κ3) is 6.19. The van der Waals surface area contributed by atoms with Gasteiger partial charge in [0.05, 0.1) is 5.69 Å². The molecule has 2 N–H and O–H groups in total. The van der Waals surface area contributed by atoms with Crippen LogP contribution >= 0.6 is 0 Å². The van der Waals surface area contributed by atoms with Gasteiger partial charge in [-0.05, 0) is 53.9 Å². The van der Waals surface area contributed by atoms with Crippen LogP contribution in [0.5, 0.6) is 5.75 Å². The Kier molecular flexibility index (Phi) is 7.07. The summed E-state index contributed by atoms with van der Waals surface area (Å²) in [7, 11) is -3.24. The van der Waals surface area contributed by atoms with Gasteiger partial charge in [0.2, 0.25) is 0 Å². The molecular formula is C28H28N2O4S. The molecule has 1 amide bonds. The van der Waals surface area contributed by atoms with Crippen LogP contribution in [0.25, 0.3) is 10.8 Å². The molecule has 0 aliphatic carbocycles. The van der Waals surface area contributed by atoms with Gasteiger partial charge in [-0.25, -0.2) is 8.42 Å². The maximum atomic E-state index is 13.1. The predicted octanol–water partition coefficient (Wildman–Crippen LogP) is 5.70. The topological polar surface area (TPSA) is 84.5 Å². The lowest BCUT2D eigenvalue weighted by Gasteiger charge is -2.16. The van der Waals surface area contributed by atoms with Crippen molar-refractivity contribution in [3.05, 3.63) is 101 Å². The molecular weight excluding hydrogens is 460 g/mol. The zero-order valence-electron chi connectivity index (χ0n) is 20.0. The monoisotopic (exact) mass is 488 g/mol. The van der Waals surface area contributed by atoms with Crippen molar-refractivity contribution in [2.75, 3.05) is 22.8 Å². The number of anilines is 2. The highest BCUT2D eigenvalue weighted by atomic mass is 32.2. The molecule has 180 valence electrons. The number of carbonyl (C=O) groups excluding carboxylic acids is 1.